The fraction of sp³-hybridized carbons (Fsp3) is 0.667. The second-order valence-electron chi connectivity index (χ2n) is 6.51. The van der Waals surface area contributed by atoms with Crippen LogP contribution in [0.15, 0.2) is 18.2 Å². The lowest BCUT2D eigenvalue weighted by atomic mass is 9.76. The van der Waals surface area contributed by atoms with Crippen LogP contribution in [-0.2, 0) is 10.3 Å². The van der Waals surface area contributed by atoms with Gasteiger partial charge in [0, 0.05) is 28.7 Å². The van der Waals surface area contributed by atoms with Gasteiger partial charge in [0.05, 0.1) is 13.2 Å². The van der Waals surface area contributed by atoms with Crippen LogP contribution in [-0.4, -0.2) is 45.3 Å². The molecule has 0 atom stereocenters. The average molecular weight is 359 g/mol. The van der Waals surface area contributed by atoms with Crippen molar-refractivity contribution in [1.29, 1.82) is 0 Å². The van der Waals surface area contributed by atoms with Crippen molar-refractivity contribution in [3.8, 4) is 0 Å². The van der Waals surface area contributed by atoms with Crippen LogP contribution >= 0.6 is 23.2 Å². The summed E-state index contributed by atoms with van der Waals surface area (Å²) in [5.74, 6) is 0. The summed E-state index contributed by atoms with van der Waals surface area (Å²) >= 11 is 12.3. The summed E-state index contributed by atoms with van der Waals surface area (Å²) in [6.45, 7) is 3.83. The lowest BCUT2D eigenvalue weighted by molar-refractivity contribution is 0.0989. The van der Waals surface area contributed by atoms with Gasteiger partial charge in [0.15, 0.2) is 0 Å². The zero-order valence-electron chi connectivity index (χ0n) is 14.2. The number of nitrogens with zero attached hydrogens (tertiary/aromatic N) is 1. The number of nitrogens with one attached hydrogen (secondary N) is 1. The summed E-state index contributed by atoms with van der Waals surface area (Å²) < 4.78 is 5.01. The van der Waals surface area contributed by atoms with Crippen LogP contribution in [0.25, 0.3) is 0 Å². The molecule has 1 N–H and O–H groups in total. The van der Waals surface area contributed by atoms with Gasteiger partial charge in [-0.2, -0.15) is 0 Å². The largest absolute Gasteiger partial charge is 0.379 e. The molecule has 2 fully saturated rings. The standard InChI is InChI=1S/C14H19Cl2N.C4H9NO/c1-17(2)14(6-4-3-5-7-14)11-8-12(15)10-13(16)9-11;1-3-6-4-2-5-1/h8-10H,3-7H2,1-2H3;5H,1-4H2. The Hall–Kier alpha value is -0.320. The highest BCUT2D eigenvalue weighted by Gasteiger charge is 2.36. The number of benzene rings is 1. The molecular weight excluding hydrogens is 331 g/mol. The molecule has 0 spiro atoms. The first-order valence-corrected chi connectivity index (χ1v) is 9.23. The summed E-state index contributed by atoms with van der Waals surface area (Å²) in [5, 5.41) is 4.63. The Morgan fingerprint density at radius 2 is 1.52 bits per heavy atom. The van der Waals surface area contributed by atoms with Crippen LogP contribution in [0.3, 0.4) is 0 Å². The van der Waals surface area contributed by atoms with Crippen molar-refractivity contribution in [3.63, 3.8) is 0 Å². The van der Waals surface area contributed by atoms with Gasteiger partial charge in [0.25, 0.3) is 0 Å². The highest BCUT2D eigenvalue weighted by atomic mass is 35.5. The highest BCUT2D eigenvalue weighted by Crippen LogP contribution is 2.42. The van der Waals surface area contributed by atoms with Crippen LogP contribution < -0.4 is 5.32 Å². The maximum atomic E-state index is 6.13. The van der Waals surface area contributed by atoms with E-state index >= 15 is 0 Å². The van der Waals surface area contributed by atoms with Gasteiger partial charge >= 0.3 is 0 Å². The van der Waals surface area contributed by atoms with Gasteiger partial charge in [-0.1, -0.05) is 42.5 Å². The first-order valence-electron chi connectivity index (χ1n) is 8.47. The van der Waals surface area contributed by atoms with Gasteiger partial charge in [-0.3, -0.25) is 4.90 Å². The molecule has 130 valence electrons. The normalized spacial score (nSPS) is 20.7. The van der Waals surface area contributed by atoms with E-state index in [-0.39, 0.29) is 5.54 Å². The number of morpholine rings is 1. The van der Waals surface area contributed by atoms with Gasteiger partial charge in [0.2, 0.25) is 0 Å². The molecule has 23 heavy (non-hydrogen) atoms. The Morgan fingerprint density at radius 1 is 0.957 bits per heavy atom. The van der Waals surface area contributed by atoms with Crippen molar-refractivity contribution < 1.29 is 4.74 Å². The van der Waals surface area contributed by atoms with Gasteiger partial charge < -0.3 is 10.1 Å². The van der Waals surface area contributed by atoms with E-state index in [9.17, 15) is 0 Å². The summed E-state index contributed by atoms with van der Waals surface area (Å²) in [6.07, 6.45) is 6.28. The highest BCUT2D eigenvalue weighted by molar-refractivity contribution is 6.34. The molecule has 1 saturated carbocycles. The third kappa shape index (κ3) is 5.33. The van der Waals surface area contributed by atoms with Crippen molar-refractivity contribution in [2.75, 3.05) is 40.4 Å². The van der Waals surface area contributed by atoms with E-state index in [2.05, 4.69) is 36.4 Å². The van der Waals surface area contributed by atoms with Crippen molar-refractivity contribution in [2.45, 2.75) is 37.6 Å². The van der Waals surface area contributed by atoms with Crippen LogP contribution in [0, 0.1) is 0 Å². The number of halogens is 2. The summed E-state index contributed by atoms with van der Waals surface area (Å²) in [4.78, 5) is 2.33. The van der Waals surface area contributed by atoms with Gasteiger partial charge in [0.1, 0.15) is 0 Å². The molecule has 1 aromatic rings. The van der Waals surface area contributed by atoms with E-state index in [4.69, 9.17) is 27.9 Å². The maximum absolute atomic E-state index is 6.13. The number of ether oxygens (including phenoxy) is 1. The minimum atomic E-state index is 0.118. The Balaban J connectivity index is 0.000000268. The first-order chi connectivity index (χ1) is 11.0. The third-order valence-electron chi connectivity index (χ3n) is 4.78. The molecular formula is C18H28Cl2N2O. The minimum Gasteiger partial charge on any atom is -0.379 e. The summed E-state index contributed by atoms with van der Waals surface area (Å²) in [5.41, 5.74) is 1.38. The first kappa shape index (κ1) is 19.0. The predicted molar refractivity (Wildman–Crippen MR) is 98.6 cm³/mol. The van der Waals surface area contributed by atoms with E-state index in [1.807, 2.05) is 0 Å². The van der Waals surface area contributed by atoms with Gasteiger partial charge in [-0.25, -0.2) is 0 Å². The monoisotopic (exact) mass is 358 g/mol. The Morgan fingerprint density at radius 3 is 1.91 bits per heavy atom. The zero-order valence-corrected chi connectivity index (χ0v) is 15.7. The lowest BCUT2D eigenvalue weighted by Gasteiger charge is -2.43. The molecule has 1 aromatic carbocycles. The van der Waals surface area contributed by atoms with E-state index in [0.717, 1.165) is 36.3 Å². The molecule has 1 aliphatic carbocycles. The summed E-state index contributed by atoms with van der Waals surface area (Å²) in [6, 6.07) is 5.94. The molecule has 1 heterocycles. The van der Waals surface area contributed by atoms with Gasteiger partial charge in [-0.15, -0.1) is 0 Å². The number of hydrogen-bond acceptors (Lipinski definition) is 3. The summed E-state index contributed by atoms with van der Waals surface area (Å²) in [7, 11) is 4.31. The lowest BCUT2D eigenvalue weighted by Crippen LogP contribution is -2.43. The van der Waals surface area contributed by atoms with Crippen molar-refractivity contribution >= 4 is 23.2 Å². The SMILES string of the molecule is C1COCCN1.CN(C)C1(c2cc(Cl)cc(Cl)c2)CCCCC1. The molecule has 3 nitrogen and oxygen atoms in total. The average Bonchev–Trinajstić information content (AvgIpc) is 2.56. The minimum absolute atomic E-state index is 0.118. The quantitative estimate of drug-likeness (QED) is 0.851. The van der Waals surface area contributed by atoms with E-state index < -0.39 is 0 Å². The fourth-order valence-corrected chi connectivity index (χ4v) is 4.00. The molecule has 1 saturated heterocycles. The third-order valence-corrected chi connectivity index (χ3v) is 5.22. The smallest absolute Gasteiger partial charge is 0.0591 e. The van der Waals surface area contributed by atoms with Gasteiger partial charge in [-0.05, 0) is 50.7 Å². The molecule has 2 aliphatic rings. The molecule has 0 unspecified atom stereocenters. The molecule has 0 amide bonds. The van der Waals surface area contributed by atoms with E-state index in [1.54, 1.807) is 6.07 Å². The van der Waals surface area contributed by atoms with Crippen molar-refractivity contribution in [3.05, 3.63) is 33.8 Å². The van der Waals surface area contributed by atoms with E-state index in [0.29, 0.717) is 0 Å². The fourth-order valence-electron chi connectivity index (χ4n) is 3.47. The van der Waals surface area contributed by atoms with Crippen molar-refractivity contribution in [2.24, 2.45) is 0 Å². The van der Waals surface area contributed by atoms with Crippen LogP contribution in [0.2, 0.25) is 10.0 Å². The predicted octanol–water partition coefficient (Wildman–Crippen LogP) is 4.32. The molecule has 0 radical (unpaired) electrons. The maximum Gasteiger partial charge on any atom is 0.0591 e. The molecule has 0 aromatic heterocycles. The number of hydrogen-bond donors (Lipinski definition) is 1. The van der Waals surface area contributed by atoms with Crippen LogP contribution in [0.5, 0.6) is 0 Å². The van der Waals surface area contributed by atoms with Crippen LogP contribution in [0.4, 0.5) is 0 Å². The zero-order chi connectivity index (χ0) is 16.7. The Kier molecular flexibility index (Phi) is 7.64. The van der Waals surface area contributed by atoms with Crippen molar-refractivity contribution in [1.82, 2.24) is 10.2 Å². The molecule has 3 rings (SSSR count). The van der Waals surface area contributed by atoms with Crippen LogP contribution in [0.1, 0.15) is 37.7 Å². The molecule has 5 heteroatoms. The Labute approximate surface area is 150 Å². The molecule has 1 aliphatic heterocycles. The second kappa shape index (κ2) is 9.24. The molecule has 0 bridgehead atoms. The second-order valence-corrected chi connectivity index (χ2v) is 7.38. The topological polar surface area (TPSA) is 24.5 Å². The Bertz CT molecular complexity index is 452. The van der Waals surface area contributed by atoms with E-state index in [1.165, 1.54) is 37.7 Å². The number of rotatable bonds is 2.